The summed E-state index contributed by atoms with van der Waals surface area (Å²) in [6.07, 6.45) is 1.36. The molecule has 0 bridgehead atoms. The minimum atomic E-state index is -0.557. The lowest BCUT2D eigenvalue weighted by Crippen LogP contribution is -2.11. The van der Waals surface area contributed by atoms with Crippen molar-refractivity contribution in [2.24, 2.45) is 10.8 Å². The zero-order chi connectivity index (χ0) is 18.7. The largest absolute Gasteiger partial charge is 0.366 e. The fraction of sp³-hybridized carbons (Fsp3) is 0.222. The van der Waals surface area contributed by atoms with E-state index in [0.717, 1.165) is 22.6 Å². The molecule has 3 aromatic rings. The summed E-state index contributed by atoms with van der Waals surface area (Å²) in [6, 6.07) is 11.2. The van der Waals surface area contributed by atoms with E-state index < -0.39 is 5.91 Å². The Labute approximate surface area is 155 Å². The summed E-state index contributed by atoms with van der Waals surface area (Å²) in [5.41, 5.74) is 17.4. The quantitative estimate of drug-likeness (QED) is 0.399. The maximum Gasteiger partial charge on any atom is 0.251 e. The van der Waals surface area contributed by atoms with E-state index in [0.29, 0.717) is 35.5 Å². The van der Waals surface area contributed by atoms with Gasteiger partial charge >= 0.3 is 0 Å². The van der Waals surface area contributed by atoms with Crippen LogP contribution in [-0.4, -0.2) is 22.0 Å². The molecule has 7 nitrogen and oxygen atoms in total. The first-order chi connectivity index (χ1) is 12.5. The number of fused-ring (bicyclic) bond motifs is 1. The number of amides is 1. The molecule has 0 saturated carbocycles. The van der Waals surface area contributed by atoms with Crippen LogP contribution in [-0.2, 0) is 12.8 Å². The summed E-state index contributed by atoms with van der Waals surface area (Å²) in [5.74, 6) is 0.254. The van der Waals surface area contributed by atoms with Crippen LogP contribution in [0.4, 0.5) is 0 Å². The SMILES string of the molecule is CCc1nc2c(C(N)=O)cc(Cl)cc2n1-c1ccc(CCN=[N+]=[N-])cc1. The number of benzene rings is 2. The van der Waals surface area contributed by atoms with Crippen LogP contribution < -0.4 is 5.73 Å². The Kier molecular flexibility index (Phi) is 5.11. The average molecular weight is 369 g/mol. The van der Waals surface area contributed by atoms with Gasteiger partial charge in [0.05, 0.1) is 11.1 Å². The first-order valence-electron chi connectivity index (χ1n) is 8.16. The van der Waals surface area contributed by atoms with Gasteiger partial charge in [-0.1, -0.05) is 35.8 Å². The van der Waals surface area contributed by atoms with Gasteiger partial charge in [0, 0.05) is 28.6 Å². The molecule has 0 spiro atoms. The predicted molar refractivity (Wildman–Crippen MR) is 102 cm³/mol. The molecule has 0 aliphatic heterocycles. The fourth-order valence-corrected chi connectivity index (χ4v) is 3.15. The topological polar surface area (TPSA) is 110 Å². The van der Waals surface area contributed by atoms with Crippen LogP contribution in [0.5, 0.6) is 0 Å². The summed E-state index contributed by atoms with van der Waals surface area (Å²) < 4.78 is 1.98. The number of hydrogen-bond donors (Lipinski definition) is 1. The second kappa shape index (κ2) is 7.47. The first kappa shape index (κ1) is 17.8. The molecule has 0 atom stereocenters. The van der Waals surface area contributed by atoms with Crippen molar-refractivity contribution in [3.63, 3.8) is 0 Å². The number of nitrogens with zero attached hydrogens (tertiary/aromatic N) is 5. The third-order valence-electron chi connectivity index (χ3n) is 4.13. The molecule has 3 rings (SSSR count). The van der Waals surface area contributed by atoms with Gasteiger partial charge < -0.3 is 5.73 Å². The van der Waals surface area contributed by atoms with E-state index >= 15 is 0 Å². The molecule has 2 aromatic carbocycles. The molecule has 8 heteroatoms. The van der Waals surface area contributed by atoms with Crippen molar-refractivity contribution in [1.29, 1.82) is 0 Å². The molecule has 132 valence electrons. The number of azide groups is 1. The predicted octanol–water partition coefficient (Wildman–Crippen LogP) is 4.19. The number of carbonyl (C=O) groups is 1. The third kappa shape index (κ3) is 3.35. The third-order valence-corrected chi connectivity index (χ3v) is 4.35. The first-order valence-corrected chi connectivity index (χ1v) is 8.53. The van der Waals surface area contributed by atoms with Crippen molar-refractivity contribution >= 4 is 28.5 Å². The van der Waals surface area contributed by atoms with Gasteiger partial charge in [-0.3, -0.25) is 9.36 Å². The number of rotatable bonds is 6. The van der Waals surface area contributed by atoms with Crippen LogP contribution in [0.2, 0.25) is 5.02 Å². The van der Waals surface area contributed by atoms with Crippen molar-refractivity contribution in [2.75, 3.05) is 6.54 Å². The molecule has 26 heavy (non-hydrogen) atoms. The highest BCUT2D eigenvalue weighted by atomic mass is 35.5. The number of aryl methyl sites for hydroxylation is 1. The molecule has 1 amide bonds. The van der Waals surface area contributed by atoms with Crippen LogP contribution in [0.3, 0.4) is 0 Å². The summed E-state index contributed by atoms with van der Waals surface area (Å²) in [7, 11) is 0. The lowest BCUT2D eigenvalue weighted by molar-refractivity contribution is 0.100. The van der Waals surface area contributed by atoms with Gasteiger partial charge in [-0.15, -0.1) is 0 Å². The maximum atomic E-state index is 11.8. The Morgan fingerprint density at radius 2 is 2.08 bits per heavy atom. The van der Waals surface area contributed by atoms with Crippen LogP contribution >= 0.6 is 11.6 Å². The second-order valence-corrected chi connectivity index (χ2v) is 6.21. The summed E-state index contributed by atoms with van der Waals surface area (Å²) in [6.45, 7) is 2.42. The Bertz CT molecular complexity index is 1020. The summed E-state index contributed by atoms with van der Waals surface area (Å²) in [5, 5.41) is 3.98. The molecule has 0 aliphatic carbocycles. The van der Waals surface area contributed by atoms with E-state index in [-0.39, 0.29) is 0 Å². The van der Waals surface area contributed by atoms with E-state index in [1.807, 2.05) is 35.8 Å². The summed E-state index contributed by atoms with van der Waals surface area (Å²) >= 11 is 6.19. The molecule has 0 unspecified atom stereocenters. The standard InChI is InChI=1S/C18H17ClN6O/c1-2-16-23-17-14(18(20)26)9-12(19)10-15(17)25(16)13-5-3-11(4-6-13)7-8-22-24-21/h3-6,9-10H,2,7-8H2,1H3,(H2,20,26). The maximum absolute atomic E-state index is 11.8. The number of halogens is 1. The average Bonchev–Trinajstić information content (AvgIpc) is 3.00. The molecule has 1 heterocycles. The summed E-state index contributed by atoms with van der Waals surface area (Å²) in [4.78, 5) is 19.1. The molecule has 0 fully saturated rings. The Hall–Kier alpha value is -3.02. The van der Waals surface area contributed by atoms with Gasteiger partial charge in [0.15, 0.2) is 0 Å². The van der Waals surface area contributed by atoms with E-state index in [1.54, 1.807) is 12.1 Å². The molecule has 1 aromatic heterocycles. The zero-order valence-electron chi connectivity index (χ0n) is 14.2. The van der Waals surface area contributed by atoms with Gasteiger partial charge in [-0.05, 0) is 41.8 Å². The number of carbonyl (C=O) groups excluding carboxylic acids is 1. The monoisotopic (exact) mass is 368 g/mol. The van der Waals surface area contributed by atoms with Crippen LogP contribution in [0.15, 0.2) is 41.5 Å². The number of aromatic nitrogens is 2. The molecule has 0 aliphatic rings. The van der Waals surface area contributed by atoms with Crippen molar-refractivity contribution in [3.8, 4) is 5.69 Å². The number of primary amides is 1. The van der Waals surface area contributed by atoms with Crippen LogP contribution in [0.1, 0.15) is 28.7 Å². The molecule has 0 saturated heterocycles. The van der Waals surface area contributed by atoms with Gasteiger partial charge in [0.2, 0.25) is 0 Å². The van der Waals surface area contributed by atoms with Crippen LogP contribution in [0.25, 0.3) is 27.2 Å². The van der Waals surface area contributed by atoms with E-state index in [1.165, 1.54) is 0 Å². The highest BCUT2D eigenvalue weighted by molar-refractivity contribution is 6.32. The van der Waals surface area contributed by atoms with E-state index in [2.05, 4.69) is 15.0 Å². The fourth-order valence-electron chi connectivity index (χ4n) is 2.94. The number of imidazole rings is 1. The minimum Gasteiger partial charge on any atom is -0.366 e. The normalized spacial score (nSPS) is 10.7. The molecular formula is C18H17ClN6O. The Morgan fingerprint density at radius 3 is 2.69 bits per heavy atom. The Balaban J connectivity index is 2.12. The lowest BCUT2D eigenvalue weighted by atomic mass is 10.1. The van der Waals surface area contributed by atoms with Gasteiger partial charge in [-0.2, -0.15) is 0 Å². The second-order valence-electron chi connectivity index (χ2n) is 5.77. The van der Waals surface area contributed by atoms with Gasteiger partial charge in [0.25, 0.3) is 5.91 Å². The molecular weight excluding hydrogens is 352 g/mol. The Morgan fingerprint density at radius 1 is 1.35 bits per heavy atom. The van der Waals surface area contributed by atoms with Crippen molar-refractivity contribution < 1.29 is 4.79 Å². The molecule has 2 N–H and O–H groups in total. The highest BCUT2D eigenvalue weighted by Gasteiger charge is 2.17. The van der Waals surface area contributed by atoms with E-state index in [4.69, 9.17) is 22.9 Å². The van der Waals surface area contributed by atoms with Gasteiger partial charge in [-0.25, -0.2) is 4.98 Å². The van der Waals surface area contributed by atoms with Crippen molar-refractivity contribution in [3.05, 3.63) is 68.8 Å². The smallest absolute Gasteiger partial charge is 0.251 e. The van der Waals surface area contributed by atoms with Crippen molar-refractivity contribution in [2.45, 2.75) is 19.8 Å². The van der Waals surface area contributed by atoms with Crippen LogP contribution in [0, 0.1) is 0 Å². The zero-order valence-corrected chi connectivity index (χ0v) is 14.9. The van der Waals surface area contributed by atoms with Crippen molar-refractivity contribution in [1.82, 2.24) is 9.55 Å². The highest BCUT2D eigenvalue weighted by Crippen LogP contribution is 2.28. The van der Waals surface area contributed by atoms with Gasteiger partial charge in [0.1, 0.15) is 11.3 Å². The lowest BCUT2D eigenvalue weighted by Gasteiger charge is -2.10. The number of hydrogen-bond acceptors (Lipinski definition) is 3. The van der Waals surface area contributed by atoms with E-state index in [9.17, 15) is 4.79 Å². The number of nitrogens with two attached hydrogens (primary N) is 1. The minimum absolute atomic E-state index is 0.312. The molecule has 0 radical (unpaired) electrons.